The second kappa shape index (κ2) is 8.03. The number of nitro groups is 1. The molecule has 0 spiro atoms. The van der Waals surface area contributed by atoms with E-state index in [0.29, 0.717) is 22.3 Å². The smallest absolute Gasteiger partial charge is 0.269 e. The van der Waals surface area contributed by atoms with E-state index in [9.17, 15) is 14.9 Å². The third-order valence-electron chi connectivity index (χ3n) is 4.39. The van der Waals surface area contributed by atoms with Crippen molar-refractivity contribution in [3.63, 3.8) is 0 Å². The van der Waals surface area contributed by atoms with Crippen LogP contribution in [0.5, 0.6) is 0 Å². The third kappa shape index (κ3) is 4.33. The number of nitrogens with zero attached hydrogens (tertiary/aromatic N) is 2. The van der Waals surface area contributed by atoms with E-state index in [1.807, 2.05) is 0 Å². The number of anilines is 1. The summed E-state index contributed by atoms with van der Waals surface area (Å²) in [5, 5.41) is 14.5. The molecule has 1 fully saturated rings. The first-order valence-corrected chi connectivity index (χ1v) is 8.93. The number of nitro benzene ring substituents is 1. The van der Waals surface area contributed by atoms with Crippen LogP contribution in [0.4, 0.5) is 11.4 Å². The fourth-order valence-electron chi connectivity index (χ4n) is 3.08. The highest BCUT2D eigenvalue weighted by molar-refractivity contribution is 6.36. The molecule has 0 saturated carbocycles. The molecule has 1 aliphatic heterocycles. The summed E-state index contributed by atoms with van der Waals surface area (Å²) in [6.45, 7) is 1.36. The minimum absolute atomic E-state index is 0.0573. The number of rotatable bonds is 5. The molecular formula is C18H17Cl2N3O3. The Bertz CT molecular complexity index is 827. The molecule has 0 aromatic heterocycles. The van der Waals surface area contributed by atoms with Gasteiger partial charge in [0.05, 0.1) is 21.7 Å². The predicted molar refractivity (Wildman–Crippen MR) is 102 cm³/mol. The number of benzene rings is 2. The van der Waals surface area contributed by atoms with Crippen LogP contribution in [0, 0.1) is 10.1 Å². The quantitative estimate of drug-likeness (QED) is 0.598. The molecule has 136 valence electrons. The van der Waals surface area contributed by atoms with Gasteiger partial charge < -0.3 is 5.32 Å². The van der Waals surface area contributed by atoms with Crippen LogP contribution in [0.1, 0.15) is 18.4 Å². The first kappa shape index (κ1) is 18.6. The summed E-state index contributed by atoms with van der Waals surface area (Å²) in [5.74, 6) is -0.117. The maximum atomic E-state index is 12.7. The van der Waals surface area contributed by atoms with E-state index in [-0.39, 0.29) is 17.6 Å². The monoisotopic (exact) mass is 393 g/mol. The summed E-state index contributed by atoms with van der Waals surface area (Å²) in [5.41, 5.74) is 1.52. The molecule has 6 nitrogen and oxygen atoms in total. The molecule has 0 aliphatic carbocycles. The SMILES string of the molecule is O=C(Nc1ccc(Cl)cc1Cl)[C@@H]1CCCN1Cc1ccc([N+](=O)[O-])cc1. The fourth-order valence-corrected chi connectivity index (χ4v) is 3.53. The summed E-state index contributed by atoms with van der Waals surface area (Å²) in [6, 6.07) is 11.1. The minimum Gasteiger partial charge on any atom is -0.323 e. The maximum Gasteiger partial charge on any atom is 0.269 e. The molecule has 3 rings (SSSR count). The molecule has 1 aliphatic rings. The Hall–Kier alpha value is -2.15. The van der Waals surface area contributed by atoms with Crippen LogP contribution >= 0.6 is 23.2 Å². The number of likely N-dealkylation sites (tertiary alicyclic amines) is 1. The third-order valence-corrected chi connectivity index (χ3v) is 4.94. The number of hydrogen-bond acceptors (Lipinski definition) is 4. The van der Waals surface area contributed by atoms with Gasteiger partial charge in [0.25, 0.3) is 5.69 Å². The van der Waals surface area contributed by atoms with E-state index in [1.54, 1.807) is 30.3 Å². The molecule has 2 aromatic carbocycles. The number of halogens is 2. The molecule has 0 unspecified atom stereocenters. The normalized spacial score (nSPS) is 17.2. The van der Waals surface area contributed by atoms with Crippen molar-refractivity contribution in [2.45, 2.75) is 25.4 Å². The zero-order valence-electron chi connectivity index (χ0n) is 13.8. The zero-order valence-corrected chi connectivity index (χ0v) is 15.3. The van der Waals surface area contributed by atoms with Gasteiger partial charge in [-0.3, -0.25) is 19.8 Å². The summed E-state index contributed by atoms with van der Waals surface area (Å²) in [7, 11) is 0. The number of nitrogens with one attached hydrogen (secondary N) is 1. The van der Waals surface area contributed by atoms with Gasteiger partial charge in [0.1, 0.15) is 0 Å². The van der Waals surface area contributed by atoms with Crippen molar-refractivity contribution in [3.8, 4) is 0 Å². The number of hydrogen-bond donors (Lipinski definition) is 1. The average Bonchev–Trinajstić information content (AvgIpc) is 3.06. The lowest BCUT2D eigenvalue weighted by Gasteiger charge is -2.24. The first-order chi connectivity index (χ1) is 12.4. The summed E-state index contributed by atoms with van der Waals surface area (Å²) < 4.78 is 0. The average molecular weight is 394 g/mol. The molecule has 1 atom stereocenters. The van der Waals surface area contributed by atoms with Crippen molar-refractivity contribution in [2.75, 3.05) is 11.9 Å². The molecule has 1 saturated heterocycles. The predicted octanol–water partition coefficient (Wildman–Crippen LogP) is 4.50. The topological polar surface area (TPSA) is 75.5 Å². The van der Waals surface area contributed by atoms with Crippen LogP contribution in [0.25, 0.3) is 0 Å². The van der Waals surface area contributed by atoms with Gasteiger partial charge >= 0.3 is 0 Å². The van der Waals surface area contributed by atoms with Gasteiger partial charge in [-0.1, -0.05) is 35.3 Å². The van der Waals surface area contributed by atoms with E-state index in [0.717, 1.165) is 24.9 Å². The fraction of sp³-hybridized carbons (Fsp3) is 0.278. The molecule has 26 heavy (non-hydrogen) atoms. The Morgan fingerprint density at radius 3 is 2.62 bits per heavy atom. The molecule has 1 heterocycles. The van der Waals surface area contributed by atoms with Crippen molar-refractivity contribution >= 4 is 40.5 Å². The zero-order chi connectivity index (χ0) is 18.7. The molecule has 1 amide bonds. The largest absolute Gasteiger partial charge is 0.323 e. The highest BCUT2D eigenvalue weighted by Crippen LogP contribution is 2.27. The van der Waals surface area contributed by atoms with Crippen LogP contribution in [-0.2, 0) is 11.3 Å². The highest BCUT2D eigenvalue weighted by atomic mass is 35.5. The molecular weight excluding hydrogens is 377 g/mol. The Balaban J connectivity index is 1.67. The van der Waals surface area contributed by atoms with Crippen molar-refractivity contribution in [3.05, 3.63) is 68.2 Å². The molecule has 1 N–H and O–H groups in total. The summed E-state index contributed by atoms with van der Waals surface area (Å²) >= 11 is 12.0. The van der Waals surface area contributed by atoms with Crippen LogP contribution in [0.3, 0.4) is 0 Å². The Kier molecular flexibility index (Phi) is 5.76. The Morgan fingerprint density at radius 1 is 1.23 bits per heavy atom. The Labute approximate surface area is 160 Å². The van der Waals surface area contributed by atoms with Crippen molar-refractivity contribution < 1.29 is 9.72 Å². The lowest BCUT2D eigenvalue weighted by molar-refractivity contribution is -0.384. The summed E-state index contributed by atoms with van der Waals surface area (Å²) in [4.78, 5) is 25.1. The minimum atomic E-state index is -0.425. The van der Waals surface area contributed by atoms with Gasteiger partial charge in [-0.15, -0.1) is 0 Å². The van der Waals surface area contributed by atoms with Gasteiger partial charge in [0.15, 0.2) is 0 Å². The van der Waals surface area contributed by atoms with Crippen molar-refractivity contribution in [2.24, 2.45) is 0 Å². The van der Waals surface area contributed by atoms with E-state index in [4.69, 9.17) is 23.2 Å². The van der Waals surface area contributed by atoms with Gasteiger partial charge in [0.2, 0.25) is 5.91 Å². The van der Waals surface area contributed by atoms with Crippen LogP contribution < -0.4 is 5.32 Å². The number of non-ortho nitro benzene ring substituents is 1. The van der Waals surface area contributed by atoms with Crippen molar-refractivity contribution in [1.82, 2.24) is 4.90 Å². The van der Waals surface area contributed by atoms with E-state index in [2.05, 4.69) is 10.2 Å². The molecule has 2 aromatic rings. The number of amides is 1. The second-order valence-electron chi connectivity index (χ2n) is 6.17. The second-order valence-corrected chi connectivity index (χ2v) is 7.01. The van der Waals surface area contributed by atoms with E-state index >= 15 is 0 Å². The first-order valence-electron chi connectivity index (χ1n) is 8.17. The van der Waals surface area contributed by atoms with Crippen LogP contribution in [0.15, 0.2) is 42.5 Å². The van der Waals surface area contributed by atoms with Gasteiger partial charge in [-0.2, -0.15) is 0 Å². The summed E-state index contributed by atoms with van der Waals surface area (Å²) in [6.07, 6.45) is 1.67. The van der Waals surface area contributed by atoms with Gasteiger partial charge in [0, 0.05) is 23.7 Å². The maximum absolute atomic E-state index is 12.7. The van der Waals surface area contributed by atoms with Crippen LogP contribution in [0.2, 0.25) is 10.0 Å². The van der Waals surface area contributed by atoms with Crippen LogP contribution in [-0.4, -0.2) is 28.3 Å². The molecule has 8 heteroatoms. The number of carbonyl (C=O) groups is 1. The van der Waals surface area contributed by atoms with Crippen molar-refractivity contribution in [1.29, 1.82) is 0 Å². The molecule has 0 radical (unpaired) electrons. The van der Waals surface area contributed by atoms with E-state index < -0.39 is 4.92 Å². The lowest BCUT2D eigenvalue weighted by atomic mass is 10.1. The standard InChI is InChI=1S/C18H17Cl2N3O3/c19-13-5-8-16(15(20)10-13)21-18(24)17-2-1-9-22(17)11-12-3-6-14(7-4-12)23(25)26/h3-8,10,17H,1-2,9,11H2,(H,21,24)/t17-/m0/s1. The lowest BCUT2D eigenvalue weighted by Crippen LogP contribution is -2.39. The number of carbonyl (C=O) groups excluding carboxylic acids is 1. The van der Waals surface area contributed by atoms with Gasteiger partial charge in [-0.25, -0.2) is 0 Å². The van der Waals surface area contributed by atoms with Gasteiger partial charge in [-0.05, 0) is 43.1 Å². The molecule has 0 bridgehead atoms. The highest BCUT2D eigenvalue weighted by Gasteiger charge is 2.31. The Morgan fingerprint density at radius 2 is 1.96 bits per heavy atom. The van der Waals surface area contributed by atoms with E-state index in [1.165, 1.54) is 12.1 Å².